The lowest BCUT2D eigenvalue weighted by Gasteiger charge is -2.31. The van der Waals surface area contributed by atoms with E-state index in [9.17, 15) is 0 Å². The van der Waals surface area contributed by atoms with Gasteiger partial charge in [-0.1, -0.05) is 36.4 Å². The maximum atomic E-state index is 4.25. The fraction of sp³-hybridized carbons (Fsp3) is 0.529. The number of hydrogen-bond donors (Lipinski definition) is 1. The van der Waals surface area contributed by atoms with Gasteiger partial charge in [0, 0.05) is 25.7 Å². The summed E-state index contributed by atoms with van der Waals surface area (Å²) >= 11 is 0. The first-order valence-electron chi connectivity index (χ1n) is 7.91. The van der Waals surface area contributed by atoms with E-state index in [4.69, 9.17) is 0 Å². The largest absolute Gasteiger partial charge is 0.314 e. The van der Waals surface area contributed by atoms with Crippen molar-refractivity contribution in [3.05, 3.63) is 47.3 Å². The molecule has 4 nitrogen and oxygen atoms in total. The summed E-state index contributed by atoms with van der Waals surface area (Å²) in [7, 11) is 1.93. The quantitative estimate of drug-likeness (QED) is 0.915. The monoisotopic (exact) mass is 284 g/mol. The maximum Gasteiger partial charge on any atom is 0.0842 e. The lowest BCUT2D eigenvalue weighted by molar-refractivity contribution is 0.320. The fourth-order valence-electron chi connectivity index (χ4n) is 3.45. The first kappa shape index (κ1) is 14.3. The summed E-state index contributed by atoms with van der Waals surface area (Å²) in [6.45, 7) is 3.18. The van der Waals surface area contributed by atoms with Gasteiger partial charge in [-0.25, -0.2) is 0 Å². The third kappa shape index (κ3) is 3.32. The van der Waals surface area contributed by atoms with Crippen LogP contribution in [0.3, 0.4) is 0 Å². The number of likely N-dealkylation sites (N-methyl/N-ethyl adjacent to an activating group) is 1. The number of aromatic nitrogens is 3. The fourth-order valence-corrected chi connectivity index (χ4v) is 3.45. The minimum atomic E-state index is 0.486. The minimum absolute atomic E-state index is 0.486. The van der Waals surface area contributed by atoms with E-state index in [1.54, 1.807) is 4.68 Å². The van der Waals surface area contributed by atoms with Crippen molar-refractivity contribution in [1.82, 2.24) is 20.3 Å². The minimum Gasteiger partial charge on any atom is -0.314 e. The van der Waals surface area contributed by atoms with Crippen LogP contribution in [0.5, 0.6) is 0 Å². The smallest absolute Gasteiger partial charge is 0.0842 e. The van der Waals surface area contributed by atoms with Crippen LogP contribution in [0.25, 0.3) is 0 Å². The summed E-state index contributed by atoms with van der Waals surface area (Å²) < 4.78 is 1.79. The van der Waals surface area contributed by atoms with Crippen LogP contribution in [0.1, 0.15) is 30.2 Å². The van der Waals surface area contributed by atoms with E-state index in [1.165, 1.54) is 30.4 Å². The van der Waals surface area contributed by atoms with Gasteiger partial charge in [-0.15, -0.1) is 5.10 Å². The summed E-state index contributed by atoms with van der Waals surface area (Å²) in [6, 6.07) is 9.36. The lowest BCUT2D eigenvalue weighted by Crippen LogP contribution is -2.40. The Balaban J connectivity index is 1.72. The Morgan fingerprint density at radius 3 is 2.86 bits per heavy atom. The molecule has 2 aromatic rings. The van der Waals surface area contributed by atoms with Crippen LogP contribution >= 0.6 is 0 Å². The molecule has 0 aliphatic heterocycles. The van der Waals surface area contributed by atoms with Crippen molar-refractivity contribution >= 4 is 0 Å². The van der Waals surface area contributed by atoms with Crippen molar-refractivity contribution in [2.75, 3.05) is 6.54 Å². The third-order valence-electron chi connectivity index (χ3n) is 4.50. The topological polar surface area (TPSA) is 42.7 Å². The van der Waals surface area contributed by atoms with Crippen molar-refractivity contribution < 1.29 is 0 Å². The van der Waals surface area contributed by atoms with Crippen LogP contribution in [0.4, 0.5) is 0 Å². The van der Waals surface area contributed by atoms with E-state index in [1.807, 2.05) is 13.2 Å². The maximum absolute atomic E-state index is 4.25. The van der Waals surface area contributed by atoms with Crippen molar-refractivity contribution in [2.45, 2.75) is 38.6 Å². The zero-order valence-corrected chi connectivity index (χ0v) is 12.9. The number of aryl methyl sites for hydroxylation is 2. The van der Waals surface area contributed by atoms with Gasteiger partial charge in [-0.2, -0.15) is 0 Å². The molecule has 0 bridgehead atoms. The molecule has 2 unspecified atom stereocenters. The van der Waals surface area contributed by atoms with Gasteiger partial charge in [0.1, 0.15) is 0 Å². The second-order valence-corrected chi connectivity index (χ2v) is 6.02. The first-order valence-corrected chi connectivity index (χ1v) is 7.91. The molecule has 3 rings (SSSR count). The number of nitrogens with zero attached hydrogens (tertiary/aromatic N) is 3. The van der Waals surface area contributed by atoms with E-state index in [2.05, 4.69) is 46.8 Å². The molecular formula is C17H24N4. The normalized spacial score (nSPS) is 19.2. The van der Waals surface area contributed by atoms with Crippen molar-refractivity contribution in [2.24, 2.45) is 13.0 Å². The number of fused-ring (bicyclic) bond motifs is 1. The van der Waals surface area contributed by atoms with Gasteiger partial charge in [0.25, 0.3) is 0 Å². The highest BCUT2D eigenvalue weighted by atomic mass is 15.4. The lowest BCUT2D eigenvalue weighted by atomic mass is 9.79. The summed E-state index contributed by atoms with van der Waals surface area (Å²) in [5.41, 5.74) is 4.14. The second kappa shape index (κ2) is 6.39. The van der Waals surface area contributed by atoms with Crippen LogP contribution in [0, 0.1) is 5.92 Å². The van der Waals surface area contributed by atoms with Gasteiger partial charge in [0.05, 0.1) is 5.69 Å². The molecule has 1 aliphatic rings. The molecule has 112 valence electrons. The number of benzene rings is 1. The zero-order chi connectivity index (χ0) is 14.7. The van der Waals surface area contributed by atoms with Crippen molar-refractivity contribution in [3.63, 3.8) is 0 Å². The van der Waals surface area contributed by atoms with Gasteiger partial charge in [0.2, 0.25) is 0 Å². The standard InChI is InChI=1S/C17H24N4/c1-3-18-17(11-16-12-21(2)20-19-16)15-9-8-13-6-4-5-7-14(13)10-15/h4-7,12,15,17-18H,3,8-11H2,1-2H3. The van der Waals surface area contributed by atoms with E-state index in [-0.39, 0.29) is 0 Å². The Bertz CT molecular complexity index is 590. The Kier molecular flexibility index (Phi) is 4.34. The third-order valence-corrected chi connectivity index (χ3v) is 4.50. The van der Waals surface area contributed by atoms with Gasteiger partial charge in [-0.3, -0.25) is 4.68 Å². The van der Waals surface area contributed by atoms with E-state index < -0.39 is 0 Å². The van der Waals surface area contributed by atoms with Crippen LogP contribution in [0.15, 0.2) is 30.5 Å². The SMILES string of the molecule is CCNC(Cc1cn(C)nn1)C1CCc2ccccc2C1. The van der Waals surface area contributed by atoms with Crippen LogP contribution in [-0.2, 0) is 26.3 Å². The Hall–Kier alpha value is -1.68. The highest BCUT2D eigenvalue weighted by Crippen LogP contribution is 2.28. The molecule has 4 heteroatoms. The highest BCUT2D eigenvalue weighted by Gasteiger charge is 2.26. The molecule has 0 saturated carbocycles. The molecule has 0 spiro atoms. The predicted octanol–water partition coefficient (Wildman–Crippen LogP) is 2.14. The van der Waals surface area contributed by atoms with E-state index in [0.717, 1.165) is 18.7 Å². The molecule has 1 aliphatic carbocycles. The van der Waals surface area contributed by atoms with Crippen LogP contribution in [-0.4, -0.2) is 27.6 Å². The van der Waals surface area contributed by atoms with Gasteiger partial charge in [0.15, 0.2) is 0 Å². The van der Waals surface area contributed by atoms with Crippen LogP contribution in [0.2, 0.25) is 0 Å². The second-order valence-electron chi connectivity index (χ2n) is 6.02. The van der Waals surface area contributed by atoms with Crippen molar-refractivity contribution in [3.8, 4) is 0 Å². The molecule has 0 radical (unpaired) electrons. The van der Waals surface area contributed by atoms with Crippen LogP contribution < -0.4 is 5.32 Å². The molecule has 0 amide bonds. The Morgan fingerprint density at radius 2 is 2.14 bits per heavy atom. The number of rotatable bonds is 5. The predicted molar refractivity (Wildman–Crippen MR) is 84.1 cm³/mol. The Morgan fingerprint density at radius 1 is 1.33 bits per heavy atom. The number of hydrogen-bond acceptors (Lipinski definition) is 3. The molecule has 1 heterocycles. The summed E-state index contributed by atoms with van der Waals surface area (Å²) in [4.78, 5) is 0. The van der Waals surface area contributed by atoms with E-state index >= 15 is 0 Å². The highest BCUT2D eigenvalue weighted by molar-refractivity contribution is 5.30. The molecule has 0 fully saturated rings. The van der Waals surface area contributed by atoms with Gasteiger partial charge >= 0.3 is 0 Å². The average molecular weight is 284 g/mol. The number of nitrogens with one attached hydrogen (secondary N) is 1. The molecule has 1 N–H and O–H groups in total. The van der Waals surface area contributed by atoms with Gasteiger partial charge < -0.3 is 5.32 Å². The summed E-state index contributed by atoms with van der Waals surface area (Å²) in [5.74, 6) is 0.682. The molecule has 21 heavy (non-hydrogen) atoms. The Labute approximate surface area is 126 Å². The van der Waals surface area contributed by atoms with E-state index in [0.29, 0.717) is 12.0 Å². The molecular weight excluding hydrogens is 260 g/mol. The van der Waals surface area contributed by atoms with Gasteiger partial charge in [-0.05, 0) is 42.9 Å². The molecule has 1 aromatic carbocycles. The molecule has 0 saturated heterocycles. The molecule has 1 aromatic heterocycles. The first-order chi connectivity index (χ1) is 10.3. The summed E-state index contributed by atoms with van der Waals surface area (Å²) in [5, 5.41) is 12.0. The zero-order valence-electron chi connectivity index (χ0n) is 12.9. The average Bonchev–Trinajstić information content (AvgIpc) is 2.91. The summed E-state index contributed by atoms with van der Waals surface area (Å²) in [6.07, 6.45) is 6.63. The molecule has 2 atom stereocenters. The van der Waals surface area contributed by atoms with Crippen molar-refractivity contribution in [1.29, 1.82) is 0 Å².